The summed E-state index contributed by atoms with van der Waals surface area (Å²) in [4.78, 5) is 27.0. The fourth-order valence-electron chi connectivity index (χ4n) is 4.54. The average molecular weight is 767 g/mol. The quantitative estimate of drug-likeness (QED) is 0.130. The molecule has 0 aliphatic carbocycles. The predicted molar refractivity (Wildman–Crippen MR) is 175 cm³/mol. The molecule has 5 aromatic rings. The number of aromatic nitrogens is 2. The monoisotopic (exact) mass is 766 g/mol. The van der Waals surface area contributed by atoms with Gasteiger partial charge in [0.25, 0.3) is 15.9 Å². The highest BCUT2D eigenvalue weighted by atomic mass is 127. The molecule has 1 amide bonds. The number of anilines is 1. The standard InChI is InChI=1S/C29H21Cl2IN4O5S2/c1-41-29(38)27(25(16-5-9-18(30)10-6-16)17-7-11-19(31)12-8-17)33-28(37)21-14-13-20(32)15-23(21)36-43(39,40)24-4-2-3-22-26(24)35-42-34-22/h2-15,25,27,36H,1H3,(H,33,37)/t27-/m0/s1. The second kappa shape index (κ2) is 13.1. The number of esters is 1. The summed E-state index contributed by atoms with van der Waals surface area (Å²) in [6, 6.07) is 21.8. The van der Waals surface area contributed by atoms with Gasteiger partial charge in [-0.1, -0.05) is 53.5 Å². The van der Waals surface area contributed by atoms with Crippen molar-refractivity contribution in [1.29, 1.82) is 0 Å². The van der Waals surface area contributed by atoms with Crippen molar-refractivity contribution in [3.8, 4) is 0 Å². The summed E-state index contributed by atoms with van der Waals surface area (Å²) in [5.74, 6) is -2.12. The molecule has 1 heterocycles. The summed E-state index contributed by atoms with van der Waals surface area (Å²) in [6.45, 7) is 0. The molecule has 1 atom stereocenters. The van der Waals surface area contributed by atoms with Gasteiger partial charge in [-0.2, -0.15) is 8.75 Å². The number of nitrogens with zero attached hydrogens (tertiary/aromatic N) is 2. The van der Waals surface area contributed by atoms with Crippen LogP contribution in [0, 0.1) is 3.57 Å². The molecule has 220 valence electrons. The second-order valence-corrected chi connectivity index (χ2v) is 13.5. The van der Waals surface area contributed by atoms with Gasteiger partial charge in [0.15, 0.2) is 0 Å². The third-order valence-electron chi connectivity index (χ3n) is 6.54. The van der Waals surface area contributed by atoms with Gasteiger partial charge < -0.3 is 10.1 Å². The molecule has 0 saturated carbocycles. The van der Waals surface area contributed by atoms with Gasteiger partial charge in [0.05, 0.1) is 30.1 Å². The maximum Gasteiger partial charge on any atom is 0.329 e. The van der Waals surface area contributed by atoms with Crippen LogP contribution in [0.4, 0.5) is 5.69 Å². The lowest BCUT2D eigenvalue weighted by molar-refractivity contribution is -0.143. The molecule has 0 bridgehead atoms. The highest BCUT2D eigenvalue weighted by Crippen LogP contribution is 2.32. The van der Waals surface area contributed by atoms with E-state index in [-0.39, 0.29) is 21.7 Å². The predicted octanol–water partition coefficient (Wildman–Crippen LogP) is 6.51. The normalized spacial score (nSPS) is 12.2. The number of carbonyl (C=O) groups excluding carboxylic acids is 2. The Morgan fingerprint density at radius 2 is 1.53 bits per heavy atom. The Labute approximate surface area is 275 Å². The number of carbonyl (C=O) groups is 2. The van der Waals surface area contributed by atoms with Gasteiger partial charge in [0, 0.05) is 19.5 Å². The lowest BCUT2D eigenvalue weighted by atomic mass is 9.84. The van der Waals surface area contributed by atoms with E-state index < -0.39 is 33.9 Å². The molecule has 0 spiro atoms. The topological polar surface area (TPSA) is 127 Å². The minimum Gasteiger partial charge on any atom is -0.467 e. The van der Waals surface area contributed by atoms with E-state index in [1.165, 1.54) is 25.3 Å². The van der Waals surface area contributed by atoms with Crippen molar-refractivity contribution >= 4 is 96.1 Å². The molecular weight excluding hydrogens is 746 g/mol. The number of amides is 1. The number of methoxy groups -OCH3 is 1. The molecule has 9 nitrogen and oxygen atoms in total. The lowest BCUT2D eigenvalue weighted by Crippen LogP contribution is -2.46. The fraction of sp³-hybridized carbons (Fsp3) is 0.103. The van der Waals surface area contributed by atoms with Crippen molar-refractivity contribution in [2.45, 2.75) is 16.9 Å². The largest absolute Gasteiger partial charge is 0.467 e. The van der Waals surface area contributed by atoms with Crippen molar-refractivity contribution in [3.05, 3.63) is 115 Å². The van der Waals surface area contributed by atoms with Crippen LogP contribution in [0.2, 0.25) is 10.0 Å². The van der Waals surface area contributed by atoms with Gasteiger partial charge in [0.1, 0.15) is 22.0 Å². The van der Waals surface area contributed by atoms with Gasteiger partial charge in [0.2, 0.25) is 0 Å². The number of ether oxygens (including phenoxy) is 1. The van der Waals surface area contributed by atoms with Gasteiger partial charge in [-0.3, -0.25) is 9.52 Å². The lowest BCUT2D eigenvalue weighted by Gasteiger charge is -2.27. The first-order chi connectivity index (χ1) is 20.6. The maximum absolute atomic E-state index is 13.9. The Morgan fingerprint density at radius 1 is 0.907 bits per heavy atom. The van der Waals surface area contributed by atoms with E-state index >= 15 is 0 Å². The minimum atomic E-state index is -4.19. The van der Waals surface area contributed by atoms with Crippen molar-refractivity contribution in [1.82, 2.24) is 14.1 Å². The zero-order valence-corrected chi connectivity index (χ0v) is 27.4. The molecule has 14 heteroatoms. The van der Waals surface area contributed by atoms with Crippen LogP contribution in [0.3, 0.4) is 0 Å². The van der Waals surface area contributed by atoms with Gasteiger partial charge in [-0.15, -0.1) is 0 Å². The van der Waals surface area contributed by atoms with E-state index in [4.69, 9.17) is 27.9 Å². The summed E-state index contributed by atoms with van der Waals surface area (Å²) in [6.07, 6.45) is 0. The van der Waals surface area contributed by atoms with E-state index in [9.17, 15) is 18.0 Å². The third-order valence-corrected chi connectivity index (χ3v) is 9.66. The number of hydrogen-bond donors (Lipinski definition) is 2. The van der Waals surface area contributed by atoms with Crippen molar-refractivity contribution in [2.75, 3.05) is 11.8 Å². The number of nitrogens with one attached hydrogen (secondary N) is 2. The third kappa shape index (κ3) is 6.93. The van der Waals surface area contributed by atoms with E-state index in [0.29, 0.717) is 30.3 Å². The summed E-state index contributed by atoms with van der Waals surface area (Å²) in [7, 11) is -2.97. The van der Waals surface area contributed by atoms with Crippen LogP contribution in [0.15, 0.2) is 89.8 Å². The van der Waals surface area contributed by atoms with Crippen molar-refractivity contribution < 1.29 is 22.7 Å². The molecule has 0 unspecified atom stereocenters. The number of sulfonamides is 1. The first-order valence-electron chi connectivity index (χ1n) is 12.5. The number of rotatable bonds is 9. The number of fused-ring (bicyclic) bond motifs is 1. The van der Waals surface area contributed by atoms with Crippen LogP contribution in [-0.2, 0) is 19.6 Å². The molecule has 43 heavy (non-hydrogen) atoms. The van der Waals surface area contributed by atoms with Crippen LogP contribution < -0.4 is 10.0 Å². The molecule has 5 rings (SSSR count). The van der Waals surface area contributed by atoms with Crippen molar-refractivity contribution in [3.63, 3.8) is 0 Å². The Hall–Kier alpha value is -3.30. The molecule has 2 N–H and O–H groups in total. The van der Waals surface area contributed by atoms with Gasteiger partial charge >= 0.3 is 5.97 Å². The maximum atomic E-state index is 13.9. The first kappa shape index (κ1) is 31.1. The molecule has 0 saturated heterocycles. The van der Waals surface area contributed by atoms with Crippen LogP contribution in [0.25, 0.3) is 11.0 Å². The molecule has 0 aliphatic heterocycles. The molecule has 0 radical (unpaired) electrons. The molecule has 4 aromatic carbocycles. The van der Waals surface area contributed by atoms with E-state index in [0.717, 1.165) is 11.7 Å². The van der Waals surface area contributed by atoms with E-state index in [1.807, 2.05) is 22.6 Å². The van der Waals surface area contributed by atoms with Crippen LogP contribution in [0.1, 0.15) is 27.4 Å². The highest BCUT2D eigenvalue weighted by molar-refractivity contribution is 14.1. The SMILES string of the molecule is COC(=O)[C@@H](NC(=O)c1ccc(I)cc1NS(=O)(=O)c1cccc2nsnc12)C(c1ccc(Cl)cc1)c1ccc(Cl)cc1. The zero-order valence-electron chi connectivity index (χ0n) is 22.1. The van der Waals surface area contributed by atoms with Gasteiger partial charge in [-0.25, -0.2) is 13.2 Å². The highest BCUT2D eigenvalue weighted by Gasteiger charge is 2.34. The smallest absolute Gasteiger partial charge is 0.329 e. The average Bonchev–Trinajstić information content (AvgIpc) is 3.47. The minimum absolute atomic E-state index is 0.00701. The Balaban J connectivity index is 1.53. The first-order valence-corrected chi connectivity index (χ1v) is 16.6. The van der Waals surface area contributed by atoms with Crippen molar-refractivity contribution in [2.24, 2.45) is 0 Å². The Bertz CT molecular complexity index is 1870. The fourth-order valence-corrected chi connectivity index (χ4v) is 7.12. The van der Waals surface area contributed by atoms with E-state index in [2.05, 4.69) is 18.8 Å². The van der Waals surface area contributed by atoms with E-state index in [1.54, 1.807) is 66.7 Å². The van der Waals surface area contributed by atoms with Gasteiger partial charge in [-0.05, 0) is 88.3 Å². The number of halogens is 3. The number of hydrogen-bond acceptors (Lipinski definition) is 8. The Morgan fingerprint density at radius 3 is 2.14 bits per heavy atom. The number of benzene rings is 4. The molecular formula is C29H21Cl2IN4O5S2. The zero-order chi connectivity index (χ0) is 30.7. The van der Waals surface area contributed by atoms with Crippen LogP contribution >= 0.6 is 57.5 Å². The molecule has 0 aliphatic rings. The van der Waals surface area contributed by atoms with Crippen LogP contribution in [-0.4, -0.2) is 42.2 Å². The summed E-state index contributed by atoms with van der Waals surface area (Å²) in [5.41, 5.74) is 2.02. The molecule has 0 fully saturated rings. The molecule has 1 aromatic heterocycles. The summed E-state index contributed by atoms with van der Waals surface area (Å²) < 4.78 is 43.5. The van der Waals surface area contributed by atoms with Crippen LogP contribution in [0.5, 0.6) is 0 Å². The summed E-state index contributed by atoms with van der Waals surface area (Å²) in [5, 5.41) is 3.78. The summed E-state index contributed by atoms with van der Waals surface area (Å²) >= 11 is 15.2. The Kier molecular flexibility index (Phi) is 9.51. The second-order valence-electron chi connectivity index (χ2n) is 9.24.